The van der Waals surface area contributed by atoms with Crippen LogP contribution in [0.2, 0.25) is 0 Å². The number of rotatable bonds is 0. The van der Waals surface area contributed by atoms with Crippen LogP contribution in [-0.2, 0) is 18.9 Å². The highest BCUT2D eigenvalue weighted by atomic mass is 32.1. The first-order chi connectivity index (χ1) is 7.90. The molecule has 2 heterocycles. The lowest BCUT2D eigenvalue weighted by Gasteiger charge is -2.30. The Bertz CT molecular complexity index is 602. The lowest BCUT2D eigenvalue weighted by Crippen LogP contribution is -2.24. The maximum absolute atomic E-state index is 4.69. The topological polar surface area (TPSA) is 17.8 Å². The maximum Gasteiger partial charge on any atom is 0.0974 e. The number of hydrogen-bond acceptors (Lipinski definition) is 2. The Hall–Kier alpha value is -1.09. The molecule has 0 atom stereocenters. The Kier molecular flexibility index (Phi) is 2.09. The summed E-state index contributed by atoms with van der Waals surface area (Å²) in [6.07, 6.45) is 3.32. The molecule has 90 valence electrons. The zero-order valence-corrected chi connectivity index (χ0v) is 11.9. The van der Waals surface area contributed by atoms with Gasteiger partial charge in [-0.15, -0.1) is 11.3 Å². The fourth-order valence-corrected chi connectivity index (χ4v) is 4.04. The SMILES string of the molecule is Cc1sc(C)c2c1CC(C)(C)c1cn(C)nc1-2. The largest absolute Gasteiger partial charge is 0.275 e. The molecular weight excluding hydrogens is 228 g/mol. The number of thiophene rings is 1. The van der Waals surface area contributed by atoms with Gasteiger partial charge >= 0.3 is 0 Å². The van der Waals surface area contributed by atoms with Crippen LogP contribution in [0.1, 0.15) is 34.7 Å². The van der Waals surface area contributed by atoms with Gasteiger partial charge in [0.05, 0.1) is 5.69 Å². The zero-order chi connectivity index (χ0) is 12.4. The Morgan fingerprint density at radius 1 is 1.29 bits per heavy atom. The van der Waals surface area contributed by atoms with E-state index in [1.807, 2.05) is 23.1 Å². The summed E-state index contributed by atoms with van der Waals surface area (Å²) in [5.74, 6) is 0. The van der Waals surface area contributed by atoms with E-state index in [2.05, 4.69) is 39.0 Å². The third-order valence-electron chi connectivity index (χ3n) is 3.80. The van der Waals surface area contributed by atoms with Gasteiger partial charge in [0.15, 0.2) is 0 Å². The molecule has 3 heteroatoms. The average Bonchev–Trinajstić information content (AvgIpc) is 2.69. The molecule has 0 unspecified atom stereocenters. The molecule has 1 aliphatic carbocycles. The molecular formula is C14H18N2S. The van der Waals surface area contributed by atoms with Crippen LogP contribution in [0.3, 0.4) is 0 Å². The predicted molar refractivity (Wildman–Crippen MR) is 72.7 cm³/mol. The van der Waals surface area contributed by atoms with Crippen molar-refractivity contribution in [2.24, 2.45) is 7.05 Å². The van der Waals surface area contributed by atoms with E-state index < -0.39 is 0 Å². The van der Waals surface area contributed by atoms with E-state index >= 15 is 0 Å². The standard InChI is InChI=1S/C14H18N2S/c1-8-10-6-14(3,4)11-7-16(5)15-13(11)12(10)9(2)17-8/h7H,6H2,1-5H3. The summed E-state index contributed by atoms with van der Waals surface area (Å²) in [5.41, 5.74) is 5.73. The van der Waals surface area contributed by atoms with Crippen LogP contribution in [0.5, 0.6) is 0 Å². The van der Waals surface area contributed by atoms with Crippen molar-refractivity contribution in [2.75, 3.05) is 0 Å². The molecule has 2 aromatic rings. The molecule has 0 spiro atoms. The molecule has 0 aromatic carbocycles. The van der Waals surface area contributed by atoms with E-state index in [0.717, 1.165) is 6.42 Å². The van der Waals surface area contributed by atoms with Gasteiger partial charge in [-0.1, -0.05) is 13.8 Å². The molecule has 2 nitrogen and oxygen atoms in total. The second kappa shape index (κ2) is 3.22. The third kappa shape index (κ3) is 1.41. The van der Waals surface area contributed by atoms with Gasteiger partial charge in [0, 0.05) is 34.1 Å². The number of nitrogens with zero attached hydrogens (tertiary/aromatic N) is 2. The van der Waals surface area contributed by atoms with Crippen LogP contribution in [0, 0.1) is 13.8 Å². The highest BCUT2D eigenvalue weighted by Crippen LogP contribution is 2.47. The fourth-order valence-electron chi connectivity index (χ4n) is 2.96. The Morgan fingerprint density at radius 2 is 2.00 bits per heavy atom. The summed E-state index contributed by atoms with van der Waals surface area (Å²) in [6.45, 7) is 9.10. The van der Waals surface area contributed by atoms with Gasteiger partial charge in [-0.3, -0.25) is 4.68 Å². The average molecular weight is 246 g/mol. The predicted octanol–water partition coefficient (Wildman–Crippen LogP) is 3.60. The quantitative estimate of drug-likeness (QED) is 0.694. The molecule has 0 amide bonds. The molecule has 17 heavy (non-hydrogen) atoms. The van der Waals surface area contributed by atoms with Crippen LogP contribution >= 0.6 is 11.3 Å². The van der Waals surface area contributed by atoms with Crippen molar-refractivity contribution in [1.82, 2.24) is 9.78 Å². The monoisotopic (exact) mass is 246 g/mol. The van der Waals surface area contributed by atoms with E-state index in [0.29, 0.717) is 0 Å². The highest BCUT2D eigenvalue weighted by Gasteiger charge is 2.35. The second-order valence-corrected chi connectivity index (χ2v) is 7.12. The lowest BCUT2D eigenvalue weighted by molar-refractivity contribution is 0.516. The number of aryl methyl sites for hydroxylation is 3. The fraction of sp³-hybridized carbons (Fsp3) is 0.500. The normalized spacial score (nSPS) is 16.8. The first kappa shape index (κ1) is 11.0. The van der Waals surface area contributed by atoms with E-state index in [4.69, 9.17) is 0 Å². The Labute approximate surface area is 106 Å². The molecule has 0 aliphatic heterocycles. The number of fused-ring (bicyclic) bond motifs is 3. The third-order valence-corrected chi connectivity index (χ3v) is 4.86. The Morgan fingerprint density at radius 3 is 2.71 bits per heavy atom. The van der Waals surface area contributed by atoms with Gasteiger partial charge in [-0.25, -0.2) is 0 Å². The van der Waals surface area contributed by atoms with Crippen LogP contribution in [-0.4, -0.2) is 9.78 Å². The molecule has 0 N–H and O–H groups in total. The van der Waals surface area contributed by atoms with Gasteiger partial charge in [0.1, 0.15) is 0 Å². The maximum atomic E-state index is 4.69. The number of hydrogen-bond donors (Lipinski definition) is 0. The summed E-state index contributed by atoms with van der Waals surface area (Å²) < 4.78 is 1.95. The molecule has 0 radical (unpaired) electrons. The minimum absolute atomic E-state index is 0.203. The van der Waals surface area contributed by atoms with Crippen molar-refractivity contribution < 1.29 is 0 Å². The minimum atomic E-state index is 0.203. The van der Waals surface area contributed by atoms with Gasteiger partial charge in [0.25, 0.3) is 0 Å². The summed E-state index contributed by atoms with van der Waals surface area (Å²) in [7, 11) is 2.02. The van der Waals surface area contributed by atoms with Crippen molar-refractivity contribution >= 4 is 11.3 Å². The van der Waals surface area contributed by atoms with Crippen LogP contribution in [0.15, 0.2) is 6.20 Å². The summed E-state index contributed by atoms with van der Waals surface area (Å²) >= 11 is 1.91. The van der Waals surface area contributed by atoms with E-state index in [-0.39, 0.29) is 5.41 Å². The summed E-state index contributed by atoms with van der Waals surface area (Å²) in [5, 5.41) is 4.69. The van der Waals surface area contributed by atoms with Crippen molar-refractivity contribution in [3.63, 3.8) is 0 Å². The van der Waals surface area contributed by atoms with E-state index in [1.165, 1.54) is 32.1 Å². The first-order valence-electron chi connectivity index (χ1n) is 6.03. The minimum Gasteiger partial charge on any atom is -0.275 e. The lowest BCUT2D eigenvalue weighted by atomic mass is 9.73. The summed E-state index contributed by atoms with van der Waals surface area (Å²) in [6, 6.07) is 0. The highest BCUT2D eigenvalue weighted by molar-refractivity contribution is 7.12. The van der Waals surface area contributed by atoms with Crippen LogP contribution in [0.4, 0.5) is 0 Å². The molecule has 0 saturated heterocycles. The van der Waals surface area contributed by atoms with Gasteiger partial charge in [0.2, 0.25) is 0 Å². The van der Waals surface area contributed by atoms with Gasteiger partial charge in [-0.2, -0.15) is 5.10 Å². The van der Waals surface area contributed by atoms with Gasteiger partial charge < -0.3 is 0 Å². The van der Waals surface area contributed by atoms with Crippen LogP contribution < -0.4 is 0 Å². The van der Waals surface area contributed by atoms with E-state index in [9.17, 15) is 0 Å². The first-order valence-corrected chi connectivity index (χ1v) is 6.85. The van der Waals surface area contributed by atoms with Gasteiger partial charge in [-0.05, 0) is 31.2 Å². The molecule has 3 rings (SSSR count). The molecule has 0 bridgehead atoms. The van der Waals surface area contributed by atoms with Crippen molar-refractivity contribution in [2.45, 2.75) is 39.5 Å². The Balaban J connectivity index is 2.37. The molecule has 1 aliphatic rings. The molecule has 0 fully saturated rings. The molecule has 0 saturated carbocycles. The number of aromatic nitrogens is 2. The van der Waals surface area contributed by atoms with E-state index in [1.54, 1.807) is 0 Å². The van der Waals surface area contributed by atoms with Crippen LogP contribution in [0.25, 0.3) is 11.3 Å². The summed E-state index contributed by atoms with van der Waals surface area (Å²) in [4.78, 5) is 2.87. The van der Waals surface area contributed by atoms with Crippen molar-refractivity contribution in [3.05, 3.63) is 27.1 Å². The molecule has 2 aromatic heterocycles. The second-order valence-electron chi connectivity index (χ2n) is 5.69. The zero-order valence-electron chi connectivity index (χ0n) is 11.1. The smallest absolute Gasteiger partial charge is 0.0974 e. The van der Waals surface area contributed by atoms with Crippen molar-refractivity contribution in [3.8, 4) is 11.3 Å². The van der Waals surface area contributed by atoms with Crippen molar-refractivity contribution in [1.29, 1.82) is 0 Å².